The molecule has 108 valence electrons. The van der Waals surface area contributed by atoms with Gasteiger partial charge in [0.1, 0.15) is 5.75 Å². The van der Waals surface area contributed by atoms with Crippen molar-refractivity contribution in [3.05, 3.63) is 27.2 Å². The van der Waals surface area contributed by atoms with Crippen molar-refractivity contribution in [2.24, 2.45) is 11.1 Å². The van der Waals surface area contributed by atoms with Crippen LogP contribution in [0.2, 0.25) is 5.02 Å². The largest absolute Gasteiger partial charge is 0.506 e. The first-order valence-electron chi connectivity index (χ1n) is 5.23. The topological polar surface area (TPSA) is 72.5 Å². The molecule has 7 heteroatoms. The van der Waals surface area contributed by atoms with E-state index >= 15 is 0 Å². The molecular weight excluding hydrogens is 357 g/mol. The van der Waals surface area contributed by atoms with Gasteiger partial charge in [0.2, 0.25) is 0 Å². The predicted molar refractivity (Wildman–Crippen MR) is 80.8 cm³/mol. The van der Waals surface area contributed by atoms with Crippen LogP contribution < -0.4 is 5.73 Å². The smallest absolute Gasteiger partial charge is 0.313 e. The number of phenolic OH excluding ortho intramolecular Hbond substituents is 1. The first-order chi connectivity index (χ1) is 8.21. The summed E-state index contributed by atoms with van der Waals surface area (Å²) in [4.78, 5) is 11.7. The Kier molecular flexibility index (Phi) is 6.62. The lowest BCUT2D eigenvalue weighted by Gasteiger charge is -2.29. The maximum atomic E-state index is 11.7. The zero-order valence-electron chi connectivity index (χ0n) is 10.7. The summed E-state index contributed by atoms with van der Waals surface area (Å²) in [5.74, 6) is -0.477. The summed E-state index contributed by atoms with van der Waals surface area (Å²) in [6.45, 7) is 3.30. The molecule has 1 aromatic rings. The highest BCUT2D eigenvalue weighted by atomic mass is 79.9. The average molecular weight is 373 g/mol. The molecule has 0 heterocycles. The Hall–Kier alpha value is -0.490. The molecule has 0 radical (unpaired) electrons. The number of phenols is 1. The number of rotatable bonds is 3. The first kappa shape index (κ1) is 18.5. The molecule has 1 atom stereocenters. The van der Waals surface area contributed by atoms with E-state index in [9.17, 15) is 9.90 Å². The second kappa shape index (κ2) is 6.79. The van der Waals surface area contributed by atoms with E-state index < -0.39 is 17.4 Å². The summed E-state index contributed by atoms with van der Waals surface area (Å²) >= 11 is 9.10. The minimum Gasteiger partial charge on any atom is -0.506 e. The second-order valence-electron chi connectivity index (χ2n) is 4.52. The van der Waals surface area contributed by atoms with Gasteiger partial charge < -0.3 is 15.6 Å². The van der Waals surface area contributed by atoms with Crippen LogP contribution in [0.15, 0.2) is 16.6 Å². The van der Waals surface area contributed by atoms with Crippen LogP contribution in [0.5, 0.6) is 5.75 Å². The molecule has 0 spiro atoms. The first-order valence-corrected chi connectivity index (χ1v) is 6.40. The SMILES string of the molecule is COC(=O)C(C)(C)[C@H](N)c1cc(Cl)cc(Br)c1O.Cl. The van der Waals surface area contributed by atoms with Crippen molar-refractivity contribution in [2.75, 3.05) is 7.11 Å². The van der Waals surface area contributed by atoms with E-state index in [1.807, 2.05) is 0 Å². The minimum absolute atomic E-state index is 0. The zero-order valence-corrected chi connectivity index (χ0v) is 13.9. The normalized spacial score (nSPS) is 12.5. The molecule has 1 aromatic carbocycles. The number of ether oxygens (including phenoxy) is 1. The molecule has 0 aliphatic rings. The summed E-state index contributed by atoms with van der Waals surface area (Å²) in [5, 5.41) is 10.4. The molecule has 0 aliphatic heterocycles. The Balaban J connectivity index is 0.00000324. The van der Waals surface area contributed by atoms with Gasteiger partial charge in [0.05, 0.1) is 17.0 Å². The van der Waals surface area contributed by atoms with Crippen molar-refractivity contribution >= 4 is 45.9 Å². The third kappa shape index (κ3) is 3.75. The number of methoxy groups -OCH3 is 1. The third-order valence-electron chi connectivity index (χ3n) is 2.88. The molecular formula is C12H16BrCl2NO3. The lowest BCUT2D eigenvalue weighted by Crippen LogP contribution is -2.37. The van der Waals surface area contributed by atoms with Crippen LogP contribution in [0.1, 0.15) is 25.5 Å². The molecule has 0 fully saturated rings. The molecule has 19 heavy (non-hydrogen) atoms. The van der Waals surface area contributed by atoms with Crippen LogP contribution in [0.25, 0.3) is 0 Å². The van der Waals surface area contributed by atoms with E-state index in [2.05, 4.69) is 15.9 Å². The highest BCUT2D eigenvalue weighted by Crippen LogP contribution is 2.41. The fraction of sp³-hybridized carbons (Fsp3) is 0.417. The van der Waals surface area contributed by atoms with Crippen molar-refractivity contribution in [2.45, 2.75) is 19.9 Å². The predicted octanol–water partition coefficient (Wildman–Crippen LogP) is 3.43. The highest BCUT2D eigenvalue weighted by molar-refractivity contribution is 9.10. The summed E-state index contributed by atoms with van der Waals surface area (Å²) in [6, 6.07) is 2.36. The minimum atomic E-state index is -0.976. The maximum Gasteiger partial charge on any atom is 0.313 e. The second-order valence-corrected chi connectivity index (χ2v) is 5.81. The van der Waals surface area contributed by atoms with Gasteiger partial charge in [0.25, 0.3) is 0 Å². The summed E-state index contributed by atoms with van der Waals surface area (Å²) in [6.07, 6.45) is 0. The van der Waals surface area contributed by atoms with E-state index in [0.717, 1.165) is 0 Å². The van der Waals surface area contributed by atoms with Crippen LogP contribution in [0, 0.1) is 5.41 Å². The van der Waals surface area contributed by atoms with Gasteiger partial charge in [-0.15, -0.1) is 12.4 Å². The molecule has 0 aliphatic carbocycles. The van der Waals surface area contributed by atoms with Crippen LogP contribution in [0.3, 0.4) is 0 Å². The molecule has 1 rings (SSSR count). The molecule has 0 amide bonds. The van der Waals surface area contributed by atoms with Gasteiger partial charge in [0, 0.05) is 16.6 Å². The quantitative estimate of drug-likeness (QED) is 0.797. The van der Waals surface area contributed by atoms with E-state index in [4.69, 9.17) is 22.1 Å². The molecule has 0 bridgehead atoms. The van der Waals surface area contributed by atoms with E-state index in [1.54, 1.807) is 19.9 Å². The molecule has 4 nitrogen and oxygen atoms in total. The van der Waals surface area contributed by atoms with Crippen LogP contribution >= 0.6 is 39.9 Å². The number of hydrogen-bond acceptors (Lipinski definition) is 4. The average Bonchev–Trinajstić information content (AvgIpc) is 2.31. The lowest BCUT2D eigenvalue weighted by atomic mass is 9.81. The van der Waals surface area contributed by atoms with Crippen molar-refractivity contribution in [3.8, 4) is 5.75 Å². The Morgan fingerprint density at radius 1 is 1.53 bits per heavy atom. The number of benzene rings is 1. The number of nitrogens with two attached hydrogens (primary N) is 1. The lowest BCUT2D eigenvalue weighted by molar-refractivity contribution is -0.152. The van der Waals surface area contributed by atoms with Gasteiger partial charge in [-0.1, -0.05) is 11.6 Å². The van der Waals surface area contributed by atoms with Crippen molar-refractivity contribution in [1.82, 2.24) is 0 Å². The van der Waals surface area contributed by atoms with Crippen molar-refractivity contribution < 1.29 is 14.6 Å². The van der Waals surface area contributed by atoms with E-state index in [0.29, 0.717) is 15.1 Å². The Labute approximate surface area is 131 Å². The van der Waals surface area contributed by atoms with Gasteiger partial charge in [-0.25, -0.2) is 0 Å². The number of halogens is 3. The number of esters is 1. The zero-order chi connectivity index (χ0) is 14.1. The van der Waals surface area contributed by atoms with Gasteiger partial charge in [-0.3, -0.25) is 4.79 Å². The van der Waals surface area contributed by atoms with Crippen LogP contribution in [-0.2, 0) is 9.53 Å². The van der Waals surface area contributed by atoms with Crippen LogP contribution in [-0.4, -0.2) is 18.2 Å². The van der Waals surface area contributed by atoms with Gasteiger partial charge >= 0.3 is 5.97 Å². The highest BCUT2D eigenvalue weighted by Gasteiger charge is 2.38. The number of carbonyl (C=O) groups excluding carboxylic acids is 1. The third-order valence-corrected chi connectivity index (χ3v) is 3.70. The summed E-state index contributed by atoms with van der Waals surface area (Å²) in [7, 11) is 1.30. The molecule has 0 saturated carbocycles. The molecule has 3 N–H and O–H groups in total. The standard InChI is InChI=1S/C12H15BrClNO3.ClH/c1-12(2,11(17)18-3)10(15)7-4-6(14)5-8(13)9(7)16;/h4-5,10,16H,15H2,1-3H3;1H/t10-;/m1./s1. The van der Waals surface area contributed by atoms with Crippen molar-refractivity contribution in [3.63, 3.8) is 0 Å². The molecule has 0 aromatic heterocycles. The fourth-order valence-electron chi connectivity index (χ4n) is 1.60. The number of aromatic hydroxyl groups is 1. The Morgan fingerprint density at radius 2 is 2.05 bits per heavy atom. The number of carbonyl (C=O) groups is 1. The van der Waals surface area contributed by atoms with Crippen molar-refractivity contribution in [1.29, 1.82) is 0 Å². The van der Waals surface area contributed by atoms with Gasteiger partial charge in [-0.05, 0) is 41.9 Å². The van der Waals surface area contributed by atoms with Crippen LogP contribution in [0.4, 0.5) is 0 Å². The monoisotopic (exact) mass is 371 g/mol. The Morgan fingerprint density at radius 3 is 2.53 bits per heavy atom. The molecule has 0 saturated heterocycles. The van der Waals surface area contributed by atoms with E-state index in [-0.39, 0.29) is 18.2 Å². The summed E-state index contributed by atoms with van der Waals surface area (Å²) < 4.78 is 5.14. The number of hydrogen-bond donors (Lipinski definition) is 2. The fourth-order valence-corrected chi connectivity index (χ4v) is 2.44. The maximum absolute atomic E-state index is 11.7. The summed E-state index contributed by atoms with van der Waals surface area (Å²) in [5.41, 5.74) is 5.47. The molecule has 0 unspecified atom stereocenters. The van der Waals surface area contributed by atoms with Gasteiger partial charge in [-0.2, -0.15) is 0 Å². The van der Waals surface area contributed by atoms with Gasteiger partial charge in [0.15, 0.2) is 0 Å². The Bertz CT molecular complexity index is 480. The van der Waals surface area contributed by atoms with E-state index in [1.165, 1.54) is 13.2 Å².